The van der Waals surface area contributed by atoms with Crippen molar-refractivity contribution in [1.82, 2.24) is 24.5 Å². The largest absolute Gasteiger partial charge is 0.382 e. The molecule has 0 radical (unpaired) electrons. The summed E-state index contributed by atoms with van der Waals surface area (Å²) < 4.78 is 1.52. The van der Waals surface area contributed by atoms with Crippen molar-refractivity contribution in [2.45, 2.75) is 13.0 Å². The maximum Gasteiger partial charge on any atom is 0.267 e. The molecule has 1 atom stereocenters. The van der Waals surface area contributed by atoms with Crippen LogP contribution in [0, 0.1) is 11.8 Å². The lowest BCUT2D eigenvalue weighted by molar-refractivity contribution is 0.1000. The van der Waals surface area contributed by atoms with E-state index in [0.717, 1.165) is 0 Å². The normalized spacial score (nSPS) is 11.4. The molecule has 192 valence electrons. The summed E-state index contributed by atoms with van der Waals surface area (Å²) in [5.41, 5.74) is 13.2. The molecule has 0 saturated heterocycles. The smallest absolute Gasteiger partial charge is 0.267 e. The highest BCUT2D eigenvalue weighted by atomic mass is 35.5. The number of halogens is 1. The van der Waals surface area contributed by atoms with E-state index in [1.54, 1.807) is 24.3 Å². The van der Waals surface area contributed by atoms with Crippen molar-refractivity contribution in [2.75, 3.05) is 11.1 Å². The fourth-order valence-electron chi connectivity index (χ4n) is 3.97. The lowest BCUT2D eigenvalue weighted by Crippen LogP contribution is -2.27. The molecule has 11 heteroatoms. The van der Waals surface area contributed by atoms with Crippen LogP contribution in [0.15, 0.2) is 78.0 Å². The highest BCUT2D eigenvalue weighted by Gasteiger charge is 2.21. The maximum absolute atomic E-state index is 13.7. The average molecular weight is 537 g/mol. The van der Waals surface area contributed by atoms with Crippen molar-refractivity contribution in [3.05, 3.63) is 111 Å². The van der Waals surface area contributed by atoms with Gasteiger partial charge >= 0.3 is 0 Å². The van der Waals surface area contributed by atoms with Crippen LogP contribution in [0.5, 0.6) is 0 Å². The molecule has 0 fully saturated rings. The molecule has 0 spiro atoms. The molecule has 1 unspecified atom stereocenters. The summed E-state index contributed by atoms with van der Waals surface area (Å²) in [6.07, 6.45) is 2.66. The Labute approximate surface area is 227 Å². The molecular formula is C28H21ClN8O2. The van der Waals surface area contributed by atoms with Crippen molar-refractivity contribution >= 4 is 40.0 Å². The van der Waals surface area contributed by atoms with Crippen LogP contribution in [-0.4, -0.2) is 30.4 Å². The van der Waals surface area contributed by atoms with Crippen LogP contribution in [-0.2, 0) is 0 Å². The van der Waals surface area contributed by atoms with E-state index >= 15 is 0 Å². The minimum atomic E-state index is -0.582. The van der Waals surface area contributed by atoms with Crippen LogP contribution in [0.3, 0.4) is 0 Å². The Kier molecular flexibility index (Phi) is 6.91. The van der Waals surface area contributed by atoms with Crippen LogP contribution >= 0.6 is 11.6 Å². The number of amides is 1. The minimum Gasteiger partial charge on any atom is -0.382 e. The second-order valence-corrected chi connectivity index (χ2v) is 8.88. The first-order valence-corrected chi connectivity index (χ1v) is 12.1. The molecule has 39 heavy (non-hydrogen) atoms. The van der Waals surface area contributed by atoms with Gasteiger partial charge in [-0.1, -0.05) is 41.8 Å². The summed E-state index contributed by atoms with van der Waals surface area (Å²) in [6.45, 7) is 1.84. The summed E-state index contributed by atoms with van der Waals surface area (Å²) >= 11 is 6.39. The molecule has 5 rings (SSSR count). The van der Waals surface area contributed by atoms with Gasteiger partial charge in [-0.15, -0.1) is 0 Å². The highest BCUT2D eigenvalue weighted by Crippen LogP contribution is 2.26. The monoisotopic (exact) mass is 536 g/mol. The Bertz CT molecular complexity index is 1830. The second-order valence-electron chi connectivity index (χ2n) is 8.47. The van der Waals surface area contributed by atoms with Crippen LogP contribution in [0.4, 0.5) is 11.6 Å². The molecule has 5 aromatic rings. The van der Waals surface area contributed by atoms with Gasteiger partial charge in [0.25, 0.3) is 5.56 Å². The standard InChI is InChI=1S/C28H21ClN8O2/c1-16(27-36-22-9-5-8-21(29)23(22)28(39)37(27)19-6-3-2-4-7-19)35-26-20(24(30)33-15-34-26)13-12-18-11-10-17(14-32-18)25(31)38/h2-11,14-16H,1H3,(H2,31,38)(H3,30,33,34,35). The molecule has 1 amide bonds. The summed E-state index contributed by atoms with van der Waals surface area (Å²) in [4.78, 5) is 42.3. The number of nitrogen functional groups attached to an aromatic ring is 1. The topological polar surface area (TPSA) is 155 Å². The van der Waals surface area contributed by atoms with E-state index in [1.807, 2.05) is 37.3 Å². The van der Waals surface area contributed by atoms with E-state index in [4.69, 9.17) is 28.1 Å². The van der Waals surface area contributed by atoms with Crippen molar-refractivity contribution in [2.24, 2.45) is 5.73 Å². The Hall–Kier alpha value is -5.27. The Morgan fingerprint density at radius 3 is 2.54 bits per heavy atom. The maximum atomic E-state index is 13.7. The molecule has 0 aliphatic carbocycles. The number of fused-ring (bicyclic) bond motifs is 1. The molecule has 0 saturated carbocycles. The van der Waals surface area contributed by atoms with Gasteiger partial charge in [-0.3, -0.25) is 14.2 Å². The molecule has 10 nitrogen and oxygen atoms in total. The van der Waals surface area contributed by atoms with Gasteiger partial charge < -0.3 is 16.8 Å². The van der Waals surface area contributed by atoms with Crippen molar-refractivity contribution in [3.63, 3.8) is 0 Å². The second kappa shape index (κ2) is 10.6. The molecule has 3 heterocycles. The third-order valence-electron chi connectivity index (χ3n) is 5.87. The van der Waals surface area contributed by atoms with Crippen molar-refractivity contribution in [3.8, 4) is 17.5 Å². The number of rotatable bonds is 5. The first kappa shape index (κ1) is 25.4. The summed E-state index contributed by atoms with van der Waals surface area (Å²) in [7, 11) is 0. The fraction of sp³-hybridized carbons (Fsp3) is 0.0714. The van der Waals surface area contributed by atoms with Gasteiger partial charge in [0, 0.05) is 6.20 Å². The average Bonchev–Trinajstić information content (AvgIpc) is 2.93. The predicted octanol–water partition coefficient (Wildman–Crippen LogP) is 3.48. The Morgan fingerprint density at radius 2 is 1.82 bits per heavy atom. The fourth-order valence-corrected chi connectivity index (χ4v) is 4.22. The van der Waals surface area contributed by atoms with Crippen molar-refractivity contribution < 1.29 is 4.79 Å². The number of nitrogens with two attached hydrogens (primary N) is 2. The number of aromatic nitrogens is 5. The predicted molar refractivity (Wildman–Crippen MR) is 150 cm³/mol. The molecule has 2 aromatic carbocycles. The number of para-hydroxylation sites is 1. The highest BCUT2D eigenvalue weighted by molar-refractivity contribution is 6.35. The number of carbonyl (C=O) groups excluding carboxylic acids is 1. The lowest BCUT2D eigenvalue weighted by Gasteiger charge is -2.21. The number of benzene rings is 2. The van der Waals surface area contributed by atoms with E-state index < -0.39 is 11.9 Å². The van der Waals surface area contributed by atoms with Gasteiger partial charge in [0.15, 0.2) is 0 Å². The van der Waals surface area contributed by atoms with Gasteiger partial charge in [0.2, 0.25) is 5.91 Å². The summed E-state index contributed by atoms with van der Waals surface area (Å²) in [6, 6.07) is 16.9. The number of nitrogens with zero attached hydrogens (tertiary/aromatic N) is 5. The quantitative estimate of drug-likeness (QED) is 0.288. The number of anilines is 2. The first-order valence-electron chi connectivity index (χ1n) is 11.7. The van der Waals surface area contributed by atoms with Gasteiger partial charge in [0.1, 0.15) is 35.0 Å². The first-order chi connectivity index (χ1) is 18.8. The van der Waals surface area contributed by atoms with Gasteiger partial charge in [-0.2, -0.15) is 0 Å². The van der Waals surface area contributed by atoms with E-state index in [-0.39, 0.29) is 16.9 Å². The van der Waals surface area contributed by atoms with E-state index in [2.05, 4.69) is 32.1 Å². The van der Waals surface area contributed by atoms with Crippen LogP contribution < -0.4 is 22.3 Å². The van der Waals surface area contributed by atoms with Crippen molar-refractivity contribution in [1.29, 1.82) is 0 Å². The molecule has 3 aromatic heterocycles. The lowest BCUT2D eigenvalue weighted by atomic mass is 10.2. The van der Waals surface area contributed by atoms with Gasteiger partial charge in [-0.05, 0) is 49.2 Å². The Morgan fingerprint density at radius 1 is 1.03 bits per heavy atom. The zero-order chi connectivity index (χ0) is 27.5. The number of hydrogen-bond acceptors (Lipinski definition) is 8. The van der Waals surface area contributed by atoms with Crippen LogP contribution in [0.25, 0.3) is 16.6 Å². The zero-order valence-electron chi connectivity index (χ0n) is 20.6. The van der Waals surface area contributed by atoms with E-state index in [1.165, 1.54) is 23.2 Å². The number of hydrogen-bond donors (Lipinski definition) is 3. The Balaban J connectivity index is 1.57. The van der Waals surface area contributed by atoms with Gasteiger partial charge in [-0.25, -0.2) is 19.9 Å². The molecule has 0 bridgehead atoms. The number of nitrogens with one attached hydrogen (secondary N) is 1. The van der Waals surface area contributed by atoms with E-state index in [0.29, 0.717) is 44.5 Å². The van der Waals surface area contributed by atoms with Gasteiger partial charge in [0.05, 0.1) is 33.2 Å². The van der Waals surface area contributed by atoms with Crippen LogP contribution in [0.2, 0.25) is 5.02 Å². The number of carbonyl (C=O) groups is 1. The third kappa shape index (κ3) is 5.12. The van der Waals surface area contributed by atoms with E-state index in [9.17, 15) is 9.59 Å². The zero-order valence-corrected chi connectivity index (χ0v) is 21.3. The molecule has 0 aliphatic rings. The summed E-state index contributed by atoms with van der Waals surface area (Å²) in [5.74, 6) is 6.20. The molecular weight excluding hydrogens is 516 g/mol. The number of primary amides is 1. The van der Waals surface area contributed by atoms with Crippen LogP contribution in [0.1, 0.15) is 40.4 Å². The molecule has 0 aliphatic heterocycles. The summed E-state index contributed by atoms with van der Waals surface area (Å²) in [5, 5.41) is 3.92. The molecule has 5 N–H and O–H groups in total. The minimum absolute atomic E-state index is 0.152. The number of pyridine rings is 1. The third-order valence-corrected chi connectivity index (χ3v) is 6.18. The SMILES string of the molecule is CC(Nc1ncnc(N)c1C#Cc1ccc(C(N)=O)cn1)c1nc2cccc(Cl)c2c(=O)n1-c1ccccc1.